The van der Waals surface area contributed by atoms with E-state index in [9.17, 15) is 4.79 Å². The summed E-state index contributed by atoms with van der Waals surface area (Å²) in [7, 11) is 3.35. The summed E-state index contributed by atoms with van der Waals surface area (Å²) in [6, 6.07) is 6.12. The molecule has 1 rings (SSSR count). The highest BCUT2D eigenvalue weighted by Crippen LogP contribution is 2.35. The molecule has 3 heteroatoms. The first-order chi connectivity index (χ1) is 8.49. The Hall–Kier alpha value is -1.51. The Kier molecular flexibility index (Phi) is 5.20. The number of carbonyl (C=O) groups is 1. The maximum absolute atomic E-state index is 11.6. The van der Waals surface area contributed by atoms with E-state index in [1.165, 1.54) is 5.56 Å². The molecule has 0 heterocycles. The minimum Gasteiger partial charge on any atom is -0.496 e. The van der Waals surface area contributed by atoms with Crippen molar-refractivity contribution in [1.82, 2.24) is 5.32 Å². The second-order valence-corrected chi connectivity index (χ2v) is 4.97. The number of ether oxygens (including phenoxy) is 1. The topological polar surface area (TPSA) is 38.3 Å². The summed E-state index contributed by atoms with van der Waals surface area (Å²) in [4.78, 5) is 11.6. The molecule has 0 aliphatic rings. The maximum Gasteiger partial charge on any atom is 0.220 e. The molecule has 0 aliphatic heterocycles. The Balaban J connectivity index is 3.12. The lowest BCUT2D eigenvalue weighted by Crippen LogP contribution is -2.23. The number of amides is 1. The Morgan fingerprint density at radius 1 is 1.39 bits per heavy atom. The Labute approximate surface area is 110 Å². The Morgan fingerprint density at radius 3 is 2.56 bits per heavy atom. The fourth-order valence-corrected chi connectivity index (χ4v) is 2.15. The molecule has 0 spiro atoms. The summed E-state index contributed by atoms with van der Waals surface area (Å²) in [6.45, 7) is 6.32. The van der Waals surface area contributed by atoms with E-state index in [1.807, 2.05) is 12.1 Å². The molecule has 1 aromatic carbocycles. The first kappa shape index (κ1) is 14.6. The lowest BCUT2D eigenvalue weighted by atomic mass is 9.84. The molecule has 0 aliphatic carbocycles. The average molecular weight is 249 g/mol. The van der Waals surface area contributed by atoms with Gasteiger partial charge in [-0.15, -0.1) is 0 Å². The summed E-state index contributed by atoms with van der Waals surface area (Å²) in [5.41, 5.74) is 2.31. The molecule has 1 N–H and O–H groups in total. The van der Waals surface area contributed by atoms with Crippen LogP contribution in [-0.4, -0.2) is 20.1 Å². The van der Waals surface area contributed by atoms with Gasteiger partial charge in [0.25, 0.3) is 0 Å². The molecule has 0 fully saturated rings. The van der Waals surface area contributed by atoms with E-state index in [1.54, 1.807) is 14.2 Å². The van der Waals surface area contributed by atoms with Gasteiger partial charge in [-0.3, -0.25) is 4.79 Å². The van der Waals surface area contributed by atoms with Crippen molar-refractivity contribution in [3.05, 3.63) is 29.3 Å². The van der Waals surface area contributed by atoms with Crippen LogP contribution in [0.25, 0.3) is 0 Å². The van der Waals surface area contributed by atoms with Crippen molar-refractivity contribution in [1.29, 1.82) is 0 Å². The number of carbonyl (C=O) groups excluding carboxylic acids is 1. The van der Waals surface area contributed by atoms with Crippen LogP contribution in [0, 0.1) is 12.8 Å². The van der Waals surface area contributed by atoms with E-state index in [0.717, 1.165) is 11.3 Å². The number of benzene rings is 1. The monoisotopic (exact) mass is 249 g/mol. The summed E-state index contributed by atoms with van der Waals surface area (Å²) < 4.78 is 5.41. The van der Waals surface area contributed by atoms with Crippen LogP contribution in [-0.2, 0) is 4.79 Å². The molecular formula is C15H23NO2. The molecule has 100 valence electrons. The van der Waals surface area contributed by atoms with E-state index in [4.69, 9.17) is 4.74 Å². The van der Waals surface area contributed by atoms with E-state index >= 15 is 0 Å². The van der Waals surface area contributed by atoms with Crippen LogP contribution < -0.4 is 10.1 Å². The smallest absolute Gasteiger partial charge is 0.220 e. The van der Waals surface area contributed by atoms with E-state index in [2.05, 4.69) is 32.2 Å². The predicted octanol–water partition coefficient (Wildman–Crippen LogP) is 2.88. The minimum absolute atomic E-state index is 0.0669. The van der Waals surface area contributed by atoms with Crippen molar-refractivity contribution in [2.45, 2.75) is 33.1 Å². The Morgan fingerprint density at radius 2 is 2.06 bits per heavy atom. The number of methoxy groups -OCH3 is 1. The SMILES string of the molecule is CNC(=O)CC(c1cc(C)ccc1OC)C(C)C. The van der Waals surface area contributed by atoms with Gasteiger partial charge in [-0.1, -0.05) is 31.5 Å². The van der Waals surface area contributed by atoms with Crippen molar-refractivity contribution < 1.29 is 9.53 Å². The largest absolute Gasteiger partial charge is 0.496 e. The highest BCUT2D eigenvalue weighted by atomic mass is 16.5. The highest BCUT2D eigenvalue weighted by molar-refractivity contribution is 5.76. The molecule has 1 unspecified atom stereocenters. The van der Waals surface area contributed by atoms with E-state index < -0.39 is 0 Å². The zero-order chi connectivity index (χ0) is 13.7. The second-order valence-electron chi connectivity index (χ2n) is 4.97. The van der Waals surface area contributed by atoms with Crippen LogP contribution in [0.4, 0.5) is 0 Å². The molecule has 0 radical (unpaired) electrons. The Bertz CT molecular complexity index is 413. The molecule has 0 saturated heterocycles. The number of nitrogens with one attached hydrogen (secondary N) is 1. The molecule has 1 aromatic rings. The molecule has 1 atom stereocenters. The van der Waals surface area contributed by atoms with Gasteiger partial charge >= 0.3 is 0 Å². The van der Waals surface area contributed by atoms with Gasteiger partial charge in [0.1, 0.15) is 5.75 Å². The van der Waals surface area contributed by atoms with Crippen LogP contribution in [0.2, 0.25) is 0 Å². The number of hydrogen-bond acceptors (Lipinski definition) is 2. The van der Waals surface area contributed by atoms with Crippen LogP contribution in [0.5, 0.6) is 5.75 Å². The first-order valence-electron chi connectivity index (χ1n) is 6.34. The number of aryl methyl sites for hydroxylation is 1. The third-order valence-corrected chi connectivity index (χ3v) is 3.27. The molecule has 0 saturated carbocycles. The van der Waals surface area contributed by atoms with Gasteiger partial charge in [0.05, 0.1) is 7.11 Å². The normalized spacial score (nSPS) is 12.3. The second kappa shape index (κ2) is 6.43. The molecular weight excluding hydrogens is 226 g/mol. The van der Waals surface area contributed by atoms with Crippen molar-refractivity contribution in [3.63, 3.8) is 0 Å². The van der Waals surface area contributed by atoms with Crippen molar-refractivity contribution in [2.24, 2.45) is 5.92 Å². The maximum atomic E-state index is 11.6. The van der Waals surface area contributed by atoms with Crippen molar-refractivity contribution in [2.75, 3.05) is 14.2 Å². The van der Waals surface area contributed by atoms with Gasteiger partial charge in [-0.25, -0.2) is 0 Å². The standard InChI is InChI=1S/C15H23NO2/c1-10(2)12(9-15(17)16-4)13-8-11(3)6-7-14(13)18-5/h6-8,10,12H,9H2,1-5H3,(H,16,17). The van der Waals surface area contributed by atoms with Gasteiger partial charge < -0.3 is 10.1 Å². The fraction of sp³-hybridized carbons (Fsp3) is 0.533. The molecule has 18 heavy (non-hydrogen) atoms. The minimum atomic E-state index is 0.0669. The van der Waals surface area contributed by atoms with Gasteiger partial charge in [0.2, 0.25) is 5.91 Å². The van der Waals surface area contributed by atoms with Crippen LogP contribution in [0.1, 0.15) is 37.3 Å². The van der Waals surface area contributed by atoms with Gasteiger partial charge in [0, 0.05) is 13.5 Å². The summed E-state index contributed by atoms with van der Waals surface area (Å²) in [6.07, 6.45) is 0.494. The van der Waals surface area contributed by atoms with Gasteiger partial charge in [-0.2, -0.15) is 0 Å². The number of hydrogen-bond donors (Lipinski definition) is 1. The fourth-order valence-electron chi connectivity index (χ4n) is 2.15. The van der Waals surface area contributed by atoms with Crippen LogP contribution >= 0.6 is 0 Å². The zero-order valence-corrected chi connectivity index (χ0v) is 11.9. The molecule has 0 aromatic heterocycles. The van der Waals surface area contributed by atoms with Crippen molar-refractivity contribution in [3.8, 4) is 5.75 Å². The first-order valence-corrected chi connectivity index (χ1v) is 6.34. The lowest BCUT2D eigenvalue weighted by Gasteiger charge is -2.23. The third kappa shape index (κ3) is 3.49. The van der Waals surface area contributed by atoms with Gasteiger partial charge in [0.15, 0.2) is 0 Å². The number of rotatable bonds is 5. The summed E-state index contributed by atoms with van der Waals surface area (Å²) in [5.74, 6) is 1.50. The molecule has 0 bridgehead atoms. The van der Waals surface area contributed by atoms with Crippen LogP contribution in [0.3, 0.4) is 0 Å². The zero-order valence-electron chi connectivity index (χ0n) is 11.9. The molecule has 3 nitrogen and oxygen atoms in total. The van der Waals surface area contributed by atoms with Gasteiger partial charge in [-0.05, 0) is 30.4 Å². The third-order valence-electron chi connectivity index (χ3n) is 3.27. The summed E-state index contributed by atoms with van der Waals surface area (Å²) >= 11 is 0. The lowest BCUT2D eigenvalue weighted by molar-refractivity contribution is -0.121. The van der Waals surface area contributed by atoms with Crippen molar-refractivity contribution >= 4 is 5.91 Å². The average Bonchev–Trinajstić information content (AvgIpc) is 2.35. The summed E-state index contributed by atoms with van der Waals surface area (Å²) in [5, 5.41) is 2.69. The van der Waals surface area contributed by atoms with Crippen LogP contribution in [0.15, 0.2) is 18.2 Å². The van der Waals surface area contributed by atoms with E-state index in [-0.39, 0.29) is 11.8 Å². The predicted molar refractivity (Wildman–Crippen MR) is 74.0 cm³/mol. The van der Waals surface area contributed by atoms with E-state index in [0.29, 0.717) is 12.3 Å². The molecule has 1 amide bonds. The quantitative estimate of drug-likeness (QED) is 0.871. The highest BCUT2D eigenvalue weighted by Gasteiger charge is 2.22.